The molecule has 3 aliphatic rings. The van der Waals surface area contributed by atoms with Crippen LogP contribution in [0.4, 0.5) is 0 Å². The van der Waals surface area contributed by atoms with Crippen molar-refractivity contribution in [3.63, 3.8) is 0 Å². The Balaban J connectivity index is 1.73. The molecule has 88 valence electrons. The van der Waals surface area contributed by atoms with Gasteiger partial charge in [-0.1, -0.05) is 12.2 Å². The number of fused-ring (bicyclic) bond motifs is 2. The van der Waals surface area contributed by atoms with Crippen LogP contribution in [-0.2, 0) is 0 Å². The van der Waals surface area contributed by atoms with E-state index in [1.165, 1.54) is 25.7 Å². The fourth-order valence-corrected chi connectivity index (χ4v) is 3.36. The second-order valence-corrected chi connectivity index (χ2v) is 5.72. The summed E-state index contributed by atoms with van der Waals surface area (Å²) in [7, 11) is 0. The maximum absolute atomic E-state index is 11.7. The second kappa shape index (κ2) is 3.31. The Labute approximate surface area is 100.0 Å². The van der Waals surface area contributed by atoms with Crippen LogP contribution in [0.1, 0.15) is 49.0 Å². The molecule has 0 aromatic carbocycles. The number of allylic oxidation sites excluding steroid dienone is 2. The first-order chi connectivity index (χ1) is 8.29. The summed E-state index contributed by atoms with van der Waals surface area (Å²) in [6.45, 7) is 0. The Bertz CT molecular complexity index is 541. The van der Waals surface area contributed by atoms with Crippen LogP contribution in [0.3, 0.4) is 0 Å². The summed E-state index contributed by atoms with van der Waals surface area (Å²) in [6, 6.07) is 1.71. The van der Waals surface area contributed by atoms with Gasteiger partial charge in [-0.05, 0) is 37.5 Å². The Morgan fingerprint density at radius 2 is 2.12 bits per heavy atom. The van der Waals surface area contributed by atoms with Crippen LogP contribution in [0.5, 0.6) is 0 Å². The molecule has 1 heterocycles. The molecular weight excluding hydrogens is 212 g/mol. The number of hydrogen-bond donors (Lipinski definition) is 1. The van der Waals surface area contributed by atoms with Crippen molar-refractivity contribution in [3.05, 3.63) is 40.1 Å². The number of nitrogens with zero attached hydrogens (tertiary/aromatic N) is 1. The van der Waals surface area contributed by atoms with Gasteiger partial charge in [-0.15, -0.1) is 0 Å². The molecule has 3 unspecified atom stereocenters. The molecule has 3 heteroatoms. The molecule has 0 aliphatic heterocycles. The van der Waals surface area contributed by atoms with E-state index in [0.717, 1.165) is 17.4 Å². The fourth-order valence-electron chi connectivity index (χ4n) is 3.36. The minimum atomic E-state index is 0.0312. The van der Waals surface area contributed by atoms with Gasteiger partial charge in [-0.2, -0.15) is 0 Å². The monoisotopic (exact) mass is 228 g/mol. The third-order valence-corrected chi connectivity index (χ3v) is 4.40. The number of hydrogen-bond acceptors (Lipinski definition) is 2. The lowest BCUT2D eigenvalue weighted by Gasteiger charge is -2.17. The summed E-state index contributed by atoms with van der Waals surface area (Å²) in [5.41, 5.74) is 1.07. The highest BCUT2D eigenvalue weighted by molar-refractivity contribution is 5.23. The first-order valence-corrected chi connectivity index (χ1v) is 6.59. The van der Waals surface area contributed by atoms with Gasteiger partial charge in [0.15, 0.2) is 0 Å². The van der Waals surface area contributed by atoms with E-state index in [-0.39, 0.29) is 5.56 Å². The normalized spacial score (nSPS) is 34.5. The molecule has 1 N–H and O–H groups in total. The van der Waals surface area contributed by atoms with Crippen LogP contribution in [0.2, 0.25) is 0 Å². The number of aromatic nitrogens is 2. The number of rotatable bonds is 2. The number of nitrogens with one attached hydrogen (secondary N) is 1. The molecule has 0 radical (unpaired) electrons. The quantitative estimate of drug-likeness (QED) is 0.790. The largest absolute Gasteiger partial charge is 0.310 e. The van der Waals surface area contributed by atoms with Gasteiger partial charge in [-0.25, -0.2) is 4.98 Å². The van der Waals surface area contributed by atoms with Crippen LogP contribution in [-0.4, -0.2) is 9.97 Å². The van der Waals surface area contributed by atoms with E-state index < -0.39 is 0 Å². The number of H-pyrrole nitrogens is 1. The zero-order valence-electron chi connectivity index (χ0n) is 9.73. The highest BCUT2D eigenvalue weighted by atomic mass is 16.1. The second-order valence-electron chi connectivity index (χ2n) is 5.72. The molecular formula is C14H16N2O. The van der Waals surface area contributed by atoms with Crippen LogP contribution < -0.4 is 5.56 Å². The molecule has 0 amide bonds. The van der Waals surface area contributed by atoms with Gasteiger partial charge in [-0.3, -0.25) is 4.79 Å². The maximum Gasteiger partial charge on any atom is 0.251 e. The Morgan fingerprint density at radius 3 is 2.76 bits per heavy atom. The molecule has 17 heavy (non-hydrogen) atoms. The van der Waals surface area contributed by atoms with E-state index in [1.807, 2.05) is 0 Å². The summed E-state index contributed by atoms with van der Waals surface area (Å²) in [6.07, 6.45) is 9.46. The summed E-state index contributed by atoms with van der Waals surface area (Å²) < 4.78 is 0. The lowest BCUT2D eigenvalue weighted by molar-refractivity contribution is 0.564. The average molecular weight is 228 g/mol. The van der Waals surface area contributed by atoms with Gasteiger partial charge < -0.3 is 4.98 Å². The van der Waals surface area contributed by atoms with Gasteiger partial charge >= 0.3 is 0 Å². The Kier molecular flexibility index (Phi) is 1.88. The predicted octanol–water partition coefficient (Wildman–Crippen LogP) is 2.33. The van der Waals surface area contributed by atoms with Crippen LogP contribution in [0, 0.1) is 11.8 Å². The summed E-state index contributed by atoms with van der Waals surface area (Å²) >= 11 is 0. The van der Waals surface area contributed by atoms with Crippen molar-refractivity contribution in [2.45, 2.75) is 37.5 Å². The van der Waals surface area contributed by atoms with Gasteiger partial charge in [0.2, 0.25) is 0 Å². The lowest BCUT2D eigenvalue weighted by Crippen LogP contribution is -2.16. The fraction of sp³-hybridized carbons (Fsp3) is 0.571. The molecule has 3 nitrogen and oxygen atoms in total. The first kappa shape index (κ1) is 9.63. The molecule has 2 fully saturated rings. The van der Waals surface area contributed by atoms with Crippen molar-refractivity contribution < 1.29 is 0 Å². The Morgan fingerprint density at radius 1 is 1.24 bits per heavy atom. The highest BCUT2D eigenvalue weighted by Crippen LogP contribution is 2.48. The van der Waals surface area contributed by atoms with E-state index >= 15 is 0 Å². The average Bonchev–Trinajstić information content (AvgIpc) is 2.97. The van der Waals surface area contributed by atoms with Gasteiger partial charge in [0.25, 0.3) is 5.56 Å². The van der Waals surface area contributed by atoms with Crippen molar-refractivity contribution in [2.75, 3.05) is 0 Å². The molecule has 3 aliphatic carbocycles. The molecule has 2 saturated carbocycles. The van der Waals surface area contributed by atoms with E-state index in [4.69, 9.17) is 4.98 Å². The molecule has 0 saturated heterocycles. The van der Waals surface area contributed by atoms with Gasteiger partial charge in [0, 0.05) is 17.9 Å². The topological polar surface area (TPSA) is 45.8 Å². The maximum atomic E-state index is 11.7. The van der Waals surface area contributed by atoms with Crippen molar-refractivity contribution in [3.8, 4) is 0 Å². The SMILES string of the molecule is O=c1cc(C2CC3C=CC2C3)nc(C2CC2)[nH]1. The predicted molar refractivity (Wildman–Crippen MR) is 64.9 cm³/mol. The van der Waals surface area contributed by atoms with E-state index in [9.17, 15) is 4.79 Å². The minimum Gasteiger partial charge on any atom is -0.310 e. The van der Waals surface area contributed by atoms with E-state index in [2.05, 4.69) is 17.1 Å². The third kappa shape index (κ3) is 1.56. The first-order valence-electron chi connectivity index (χ1n) is 6.59. The van der Waals surface area contributed by atoms with Crippen molar-refractivity contribution in [1.29, 1.82) is 0 Å². The van der Waals surface area contributed by atoms with Crippen molar-refractivity contribution in [2.24, 2.45) is 11.8 Å². The van der Waals surface area contributed by atoms with E-state index in [0.29, 0.717) is 17.8 Å². The summed E-state index contributed by atoms with van der Waals surface area (Å²) in [5, 5.41) is 0. The van der Waals surface area contributed by atoms with Gasteiger partial charge in [0.1, 0.15) is 5.82 Å². The zero-order chi connectivity index (χ0) is 11.4. The molecule has 0 spiro atoms. The molecule has 1 aromatic rings. The molecule has 2 bridgehead atoms. The minimum absolute atomic E-state index is 0.0312. The van der Waals surface area contributed by atoms with Gasteiger partial charge in [0.05, 0.1) is 5.69 Å². The smallest absolute Gasteiger partial charge is 0.251 e. The molecule has 4 rings (SSSR count). The van der Waals surface area contributed by atoms with Crippen molar-refractivity contribution in [1.82, 2.24) is 9.97 Å². The molecule has 3 atom stereocenters. The van der Waals surface area contributed by atoms with Crippen LogP contribution >= 0.6 is 0 Å². The standard InChI is InChI=1S/C14H16N2O/c17-13-7-12(15-14(16-13)9-3-4-9)11-6-8-1-2-10(11)5-8/h1-2,7-11H,3-6H2,(H,15,16,17). The zero-order valence-corrected chi connectivity index (χ0v) is 9.73. The molecule has 1 aromatic heterocycles. The summed E-state index contributed by atoms with van der Waals surface area (Å²) in [5.74, 6) is 3.30. The van der Waals surface area contributed by atoms with E-state index in [1.54, 1.807) is 6.07 Å². The van der Waals surface area contributed by atoms with Crippen molar-refractivity contribution >= 4 is 0 Å². The number of aromatic amines is 1. The van der Waals surface area contributed by atoms with Crippen LogP contribution in [0.15, 0.2) is 23.0 Å². The third-order valence-electron chi connectivity index (χ3n) is 4.40. The highest BCUT2D eigenvalue weighted by Gasteiger charge is 2.38. The summed E-state index contributed by atoms with van der Waals surface area (Å²) in [4.78, 5) is 19.3. The Hall–Kier alpha value is -1.38. The lowest BCUT2D eigenvalue weighted by atomic mass is 9.90. The van der Waals surface area contributed by atoms with Crippen LogP contribution in [0.25, 0.3) is 0 Å².